The van der Waals surface area contributed by atoms with E-state index in [1.54, 1.807) is 24.4 Å². The third-order valence-electron chi connectivity index (χ3n) is 3.64. The number of methoxy groups -OCH3 is 1. The normalized spacial score (nSPS) is 10.3. The number of rotatable bonds is 7. The Balaban J connectivity index is 1.97. The number of nitrogens with one attached hydrogen (secondary N) is 1. The second-order valence-corrected chi connectivity index (χ2v) is 5.36. The fourth-order valence-electron chi connectivity index (χ4n) is 2.26. The van der Waals surface area contributed by atoms with Crippen LogP contribution in [0.15, 0.2) is 48.8 Å². The smallest absolute Gasteiger partial charge is 0.318 e. The molecule has 1 aromatic heterocycles. The van der Waals surface area contributed by atoms with Crippen LogP contribution < -0.4 is 5.32 Å². The maximum absolute atomic E-state index is 12.5. The number of aromatic nitrogens is 1. The number of carbonyl (C=O) groups excluding carboxylic acids is 1. The van der Waals surface area contributed by atoms with Crippen molar-refractivity contribution in [2.45, 2.75) is 20.0 Å². The average molecular weight is 313 g/mol. The molecule has 122 valence electrons. The van der Waals surface area contributed by atoms with Gasteiger partial charge in [0.25, 0.3) is 0 Å². The fraction of sp³-hybridized carbons (Fsp3) is 0.333. The maximum atomic E-state index is 12.5. The van der Waals surface area contributed by atoms with Crippen molar-refractivity contribution in [3.63, 3.8) is 0 Å². The van der Waals surface area contributed by atoms with Crippen LogP contribution in [0.1, 0.15) is 16.7 Å². The molecule has 23 heavy (non-hydrogen) atoms. The molecule has 0 unspecified atom stereocenters. The monoisotopic (exact) mass is 313 g/mol. The predicted molar refractivity (Wildman–Crippen MR) is 89.9 cm³/mol. The van der Waals surface area contributed by atoms with Crippen LogP contribution in [0.25, 0.3) is 0 Å². The van der Waals surface area contributed by atoms with Crippen LogP contribution in [0, 0.1) is 6.92 Å². The molecular weight excluding hydrogens is 290 g/mol. The first kappa shape index (κ1) is 17.0. The maximum Gasteiger partial charge on any atom is 0.318 e. The van der Waals surface area contributed by atoms with Gasteiger partial charge in [0, 0.05) is 39.1 Å². The van der Waals surface area contributed by atoms with E-state index in [4.69, 9.17) is 4.74 Å². The summed E-state index contributed by atoms with van der Waals surface area (Å²) in [6.07, 6.45) is 3.50. The topological polar surface area (TPSA) is 54.5 Å². The van der Waals surface area contributed by atoms with Gasteiger partial charge in [-0.1, -0.05) is 30.3 Å². The molecule has 0 atom stereocenters. The van der Waals surface area contributed by atoms with E-state index in [2.05, 4.69) is 10.3 Å². The van der Waals surface area contributed by atoms with Crippen LogP contribution in [-0.2, 0) is 17.8 Å². The SMILES string of the molecule is COCCN(Cc1cccnc1)C(=O)NCc1ccccc1C. The molecule has 2 aromatic rings. The summed E-state index contributed by atoms with van der Waals surface area (Å²) in [7, 11) is 1.63. The van der Waals surface area contributed by atoms with E-state index < -0.39 is 0 Å². The molecule has 5 nitrogen and oxygen atoms in total. The van der Waals surface area contributed by atoms with Crippen LogP contribution >= 0.6 is 0 Å². The molecule has 2 rings (SSSR count). The Kier molecular flexibility index (Phi) is 6.56. The van der Waals surface area contributed by atoms with Crippen LogP contribution in [0.5, 0.6) is 0 Å². The molecule has 1 N–H and O–H groups in total. The summed E-state index contributed by atoms with van der Waals surface area (Å²) in [6, 6.07) is 11.8. The number of benzene rings is 1. The first-order chi connectivity index (χ1) is 11.2. The molecule has 0 aliphatic heterocycles. The molecule has 5 heteroatoms. The van der Waals surface area contributed by atoms with Crippen LogP contribution in [0.2, 0.25) is 0 Å². The molecule has 2 amide bonds. The molecule has 0 spiro atoms. The summed E-state index contributed by atoms with van der Waals surface area (Å²) in [5.74, 6) is 0. The van der Waals surface area contributed by atoms with Crippen molar-refractivity contribution in [1.29, 1.82) is 0 Å². The number of pyridine rings is 1. The Labute approximate surface area is 137 Å². The van der Waals surface area contributed by atoms with E-state index in [9.17, 15) is 4.79 Å². The van der Waals surface area contributed by atoms with Crippen LogP contribution in [0.4, 0.5) is 4.79 Å². The van der Waals surface area contributed by atoms with Gasteiger partial charge in [-0.3, -0.25) is 4.98 Å². The molecule has 0 fully saturated rings. The van der Waals surface area contributed by atoms with Gasteiger partial charge in [0.1, 0.15) is 0 Å². The van der Waals surface area contributed by atoms with Crippen LogP contribution in [-0.4, -0.2) is 36.2 Å². The lowest BCUT2D eigenvalue weighted by Crippen LogP contribution is -2.41. The molecule has 0 saturated carbocycles. The number of amides is 2. The highest BCUT2D eigenvalue weighted by molar-refractivity contribution is 5.74. The number of hydrogen-bond donors (Lipinski definition) is 1. The minimum absolute atomic E-state index is 0.103. The van der Waals surface area contributed by atoms with E-state index >= 15 is 0 Å². The first-order valence-corrected chi connectivity index (χ1v) is 7.66. The molecule has 0 bridgehead atoms. The quantitative estimate of drug-likeness (QED) is 0.855. The van der Waals surface area contributed by atoms with E-state index in [1.165, 1.54) is 5.56 Å². The Morgan fingerprint density at radius 2 is 2.09 bits per heavy atom. The minimum atomic E-state index is -0.103. The molecular formula is C18H23N3O2. The Hall–Kier alpha value is -2.40. The molecule has 0 saturated heterocycles. The van der Waals surface area contributed by atoms with Crippen molar-refractivity contribution in [3.05, 3.63) is 65.5 Å². The van der Waals surface area contributed by atoms with Gasteiger partial charge in [0.2, 0.25) is 0 Å². The van der Waals surface area contributed by atoms with E-state index in [-0.39, 0.29) is 6.03 Å². The highest BCUT2D eigenvalue weighted by Crippen LogP contribution is 2.07. The van der Waals surface area contributed by atoms with Gasteiger partial charge < -0.3 is 15.0 Å². The zero-order valence-corrected chi connectivity index (χ0v) is 13.7. The Morgan fingerprint density at radius 3 is 2.78 bits per heavy atom. The van der Waals surface area contributed by atoms with Crippen molar-refractivity contribution in [3.8, 4) is 0 Å². The fourth-order valence-corrected chi connectivity index (χ4v) is 2.26. The molecule has 0 aliphatic carbocycles. The van der Waals surface area contributed by atoms with Gasteiger partial charge in [-0.05, 0) is 29.7 Å². The molecule has 1 heterocycles. The number of aryl methyl sites for hydroxylation is 1. The highest BCUT2D eigenvalue weighted by Gasteiger charge is 2.13. The van der Waals surface area contributed by atoms with Crippen LogP contribution in [0.3, 0.4) is 0 Å². The van der Waals surface area contributed by atoms with Gasteiger partial charge in [0.05, 0.1) is 6.61 Å². The van der Waals surface area contributed by atoms with E-state index in [1.807, 2.05) is 43.3 Å². The number of urea groups is 1. The van der Waals surface area contributed by atoms with Gasteiger partial charge in [-0.2, -0.15) is 0 Å². The third-order valence-corrected chi connectivity index (χ3v) is 3.64. The average Bonchev–Trinajstić information content (AvgIpc) is 2.58. The number of nitrogens with zero attached hydrogens (tertiary/aromatic N) is 2. The highest BCUT2D eigenvalue weighted by atomic mass is 16.5. The zero-order chi connectivity index (χ0) is 16.5. The summed E-state index contributed by atoms with van der Waals surface area (Å²) in [5, 5.41) is 2.98. The van der Waals surface area contributed by atoms with Crippen molar-refractivity contribution in [2.24, 2.45) is 0 Å². The number of hydrogen-bond acceptors (Lipinski definition) is 3. The second kappa shape index (κ2) is 8.90. The summed E-state index contributed by atoms with van der Waals surface area (Å²) in [5.41, 5.74) is 3.28. The van der Waals surface area contributed by atoms with E-state index in [0.29, 0.717) is 26.2 Å². The third kappa shape index (κ3) is 5.38. The van der Waals surface area contributed by atoms with Gasteiger partial charge >= 0.3 is 6.03 Å². The molecule has 0 aliphatic rings. The van der Waals surface area contributed by atoms with Gasteiger partial charge in [0.15, 0.2) is 0 Å². The van der Waals surface area contributed by atoms with Crippen molar-refractivity contribution >= 4 is 6.03 Å². The zero-order valence-electron chi connectivity index (χ0n) is 13.7. The van der Waals surface area contributed by atoms with E-state index in [0.717, 1.165) is 11.1 Å². The summed E-state index contributed by atoms with van der Waals surface area (Å²) >= 11 is 0. The minimum Gasteiger partial charge on any atom is -0.383 e. The molecule has 0 radical (unpaired) electrons. The standard InChI is InChI=1S/C18H23N3O2/c1-15-6-3-4-8-17(15)13-20-18(22)21(10-11-23-2)14-16-7-5-9-19-12-16/h3-9,12H,10-11,13-14H2,1-2H3,(H,20,22). The summed E-state index contributed by atoms with van der Waals surface area (Å²) in [6.45, 7) is 4.10. The van der Waals surface area contributed by atoms with Crippen molar-refractivity contribution in [1.82, 2.24) is 15.2 Å². The number of carbonyl (C=O) groups is 1. The lowest BCUT2D eigenvalue weighted by molar-refractivity contribution is 0.146. The predicted octanol–water partition coefficient (Wildman–Crippen LogP) is 2.75. The first-order valence-electron chi connectivity index (χ1n) is 7.66. The molecule has 1 aromatic carbocycles. The lowest BCUT2D eigenvalue weighted by atomic mass is 10.1. The van der Waals surface area contributed by atoms with Gasteiger partial charge in [-0.25, -0.2) is 4.79 Å². The largest absolute Gasteiger partial charge is 0.383 e. The number of ether oxygens (including phenoxy) is 1. The van der Waals surface area contributed by atoms with Gasteiger partial charge in [-0.15, -0.1) is 0 Å². The Morgan fingerprint density at radius 1 is 1.26 bits per heavy atom. The second-order valence-electron chi connectivity index (χ2n) is 5.36. The summed E-state index contributed by atoms with van der Waals surface area (Å²) in [4.78, 5) is 18.3. The summed E-state index contributed by atoms with van der Waals surface area (Å²) < 4.78 is 5.10. The van der Waals surface area contributed by atoms with Crippen molar-refractivity contribution in [2.75, 3.05) is 20.3 Å². The lowest BCUT2D eigenvalue weighted by Gasteiger charge is -2.23. The Bertz CT molecular complexity index is 617. The van der Waals surface area contributed by atoms with Crippen molar-refractivity contribution < 1.29 is 9.53 Å².